The zero-order valence-corrected chi connectivity index (χ0v) is 26.3. The van der Waals surface area contributed by atoms with E-state index in [0.717, 1.165) is 44.3 Å². The summed E-state index contributed by atoms with van der Waals surface area (Å²) in [5.41, 5.74) is 3.47. The van der Waals surface area contributed by atoms with Crippen molar-refractivity contribution >= 4 is 22.9 Å². The molecule has 0 spiro atoms. The summed E-state index contributed by atoms with van der Waals surface area (Å²) in [6.07, 6.45) is 5.04. The molecule has 4 aromatic rings. The lowest BCUT2D eigenvalue weighted by Crippen LogP contribution is -2.40. The molecule has 2 aromatic carbocycles. The van der Waals surface area contributed by atoms with Crippen molar-refractivity contribution in [2.75, 3.05) is 44.6 Å². The molecule has 10 nitrogen and oxygen atoms in total. The lowest BCUT2D eigenvalue weighted by molar-refractivity contribution is -0.0207. The van der Waals surface area contributed by atoms with Crippen LogP contribution < -0.4 is 10.6 Å². The molecule has 45 heavy (non-hydrogen) atoms. The van der Waals surface area contributed by atoms with E-state index in [4.69, 9.17) is 14.7 Å². The minimum atomic E-state index is -0.319. The van der Waals surface area contributed by atoms with Crippen LogP contribution in [0.2, 0.25) is 0 Å². The van der Waals surface area contributed by atoms with Crippen LogP contribution in [0, 0.1) is 11.8 Å². The number of nitrogens with one attached hydrogen (secondary N) is 2. The maximum atomic E-state index is 13.5. The van der Waals surface area contributed by atoms with Gasteiger partial charge < -0.3 is 25.4 Å². The van der Waals surface area contributed by atoms with Crippen molar-refractivity contribution in [2.24, 2.45) is 11.8 Å². The third-order valence-corrected chi connectivity index (χ3v) is 9.39. The predicted octanol–water partition coefficient (Wildman–Crippen LogP) is 4.84. The lowest BCUT2D eigenvalue weighted by Gasteiger charge is -2.33. The van der Waals surface area contributed by atoms with Crippen LogP contribution in [0.1, 0.15) is 73.4 Å². The molecule has 3 N–H and O–H groups in total. The topological polar surface area (TPSA) is 117 Å². The minimum absolute atomic E-state index is 0.0337. The lowest BCUT2D eigenvalue weighted by atomic mass is 9.87. The van der Waals surface area contributed by atoms with Gasteiger partial charge in [0, 0.05) is 25.6 Å². The molecule has 1 amide bonds. The van der Waals surface area contributed by atoms with Gasteiger partial charge in [-0.25, -0.2) is 15.0 Å². The molecule has 4 heterocycles. The normalized spacial score (nSPS) is 19.5. The van der Waals surface area contributed by atoms with Crippen LogP contribution in [0.25, 0.3) is 11.2 Å². The number of fused-ring (bicyclic) bond motifs is 1. The summed E-state index contributed by atoms with van der Waals surface area (Å²) >= 11 is 0. The molecule has 2 atom stereocenters. The van der Waals surface area contributed by atoms with Crippen LogP contribution >= 0.6 is 0 Å². The molecule has 2 unspecified atom stereocenters. The molecule has 2 aliphatic rings. The van der Waals surface area contributed by atoms with E-state index in [-0.39, 0.29) is 36.6 Å². The van der Waals surface area contributed by atoms with E-state index < -0.39 is 0 Å². The molecule has 0 aliphatic carbocycles. The van der Waals surface area contributed by atoms with Crippen molar-refractivity contribution in [3.05, 3.63) is 83.9 Å². The molecule has 0 radical (unpaired) electrons. The maximum Gasteiger partial charge on any atom is 0.289 e. The van der Waals surface area contributed by atoms with E-state index in [0.29, 0.717) is 30.1 Å². The Morgan fingerprint density at radius 1 is 0.978 bits per heavy atom. The highest BCUT2D eigenvalue weighted by Crippen LogP contribution is 2.32. The van der Waals surface area contributed by atoms with Gasteiger partial charge in [-0.1, -0.05) is 74.5 Å². The third kappa shape index (κ3) is 7.35. The van der Waals surface area contributed by atoms with Crippen LogP contribution in [0.4, 0.5) is 5.82 Å². The number of anilines is 1. The first-order valence-electron chi connectivity index (χ1n) is 16.4. The number of benzene rings is 2. The fourth-order valence-corrected chi connectivity index (χ4v) is 6.63. The van der Waals surface area contributed by atoms with E-state index in [9.17, 15) is 9.90 Å². The Morgan fingerprint density at radius 2 is 1.67 bits per heavy atom. The largest absolute Gasteiger partial charge is 0.394 e. The van der Waals surface area contributed by atoms with Crippen LogP contribution in [-0.2, 0) is 4.74 Å². The number of aromatic nitrogens is 4. The number of carbonyl (C=O) groups is 1. The van der Waals surface area contributed by atoms with E-state index in [1.807, 2.05) is 41.0 Å². The van der Waals surface area contributed by atoms with E-state index in [1.54, 1.807) is 6.33 Å². The van der Waals surface area contributed by atoms with Gasteiger partial charge in [0.2, 0.25) is 5.82 Å². The second-order valence-corrected chi connectivity index (χ2v) is 12.6. The number of rotatable bonds is 12. The van der Waals surface area contributed by atoms with Crippen LogP contribution in [0.3, 0.4) is 0 Å². The Labute approximate surface area is 265 Å². The van der Waals surface area contributed by atoms with Crippen molar-refractivity contribution in [1.29, 1.82) is 0 Å². The molecule has 10 heteroatoms. The Bertz CT molecular complexity index is 1500. The Balaban J connectivity index is 1.23. The standard InChI is InChI=1S/C35H45N7O3/c1-24(2)25-15-18-41(19-16-25)20-17-36-35(44)33-39-32(31-34(40-33)42(23-38-31)30-14-13-28(22-43)45-30)37-21-29(26-9-5-3-6-10-26)27-11-7-4-8-12-27/h3-12,23-25,28-30,43H,13-22H2,1-2H3,(H,36,44)(H,37,39,40). The number of likely N-dealkylation sites (tertiary alicyclic amines) is 1. The summed E-state index contributed by atoms with van der Waals surface area (Å²) in [7, 11) is 0. The summed E-state index contributed by atoms with van der Waals surface area (Å²) in [5.74, 6) is 1.85. The summed E-state index contributed by atoms with van der Waals surface area (Å²) < 4.78 is 7.92. The highest BCUT2D eigenvalue weighted by atomic mass is 16.5. The number of nitrogens with zero attached hydrogens (tertiary/aromatic N) is 5. The molecule has 2 aliphatic heterocycles. The number of carbonyl (C=O) groups excluding carboxylic acids is 1. The Morgan fingerprint density at radius 3 is 2.29 bits per heavy atom. The average Bonchev–Trinajstić information content (AvgIpc) is 3.73. The molecule has 0 bridgehead atoms. The van der Waals surface area contributed by atoms with Crippen LogP contribution in [0.15, 0.2) is 67.0 Å². The second kappa shape index (κ2) is 14.5. The molecule has 2 saturated heterocycles. The van der Waals surface area contributed by atoms with E-state index in [2.05, 4.69) is 58.6 Å². The first-order valence-corrected chi connectivity index (χ1v) is 16.4. The van der Waals surface area contributed by atoms with Gasteiger partial charge in [0.05, 0.1) is 19.0 Å². The summed E-state index contributed by atoms with van der Waals surface area (Å²) in [6.45, 7) is 8.59. The van der Waals surface area contributed by atoms with Gasteiger partial charge in [-0.3, -0.25) is 9.36 Å². The monoisotopic (exact) mass is 611 g/mol. The van der Waals surface area contributed by atoms with Gasteiger partial charge >= 0.3 is 0 Å². The molecule has 2 fully saturated rings. The fourth-order valence-electron chi connectivity index (χ4n) is 6.63. The number of aliphatic hydroxyl groups excluding tert-OH is 1. The van der Waals surface area contributed by atoms with Gasteiger partial charge in [-0.05, 0) is 61.7 Å². The third-order valence-electron chi connectivity index (χ3n) is 9.39. The maximum absolute atomic E-state index is 13.5. The molecule has 238 valence electrons. The van der Waals surface area contributed by atoms with E-state index >= 15 is 0 Å². The zero-order valence-electron chi connectivity index (χ0n) is 26.3. The van der Waals surface area contributed by atoms with Gasteiger partial charge in [0.1, 0.15) is 6.23 Å². The van der Waals surface area contributed by atoms with Crippen molar-refractivity contribution in [1.82, 2.24) is 29.7 Å². The molecule has 2 aromatic heterocycles. The number of imidazole rings is 1. The second-order valence-electron chi connectivity index (χ2n) is 12.6. The molecular formula is C35H45N7O3. The average molecular weight is 612 g/mol. The van der Waals surface area contributed by atoms with Crippen molar-refractivity contribution < 1.29 is 14.6 Å². The highest BCUT2D eigenvalue weighted by molar-refractivity contribution is 5.94. The van der Waals surface area contributed by atoms with Crippen molar-refractivity contribution in [3.8, 4) is 0 Å². The molecule has 6 rings (SSSR count). The van der Waals surface area contributed by atoms with Gasteiger partial charge in [0.25, 0.3) is 5.91 Å². The molecular weight excluding hydrogens is 566 g/mol. The minimum Gasteiger partial charge on any atom is -0.394 e. The van der Waals surface area contributed by atoms with Gasteiger partial charge in [-0.2, -0.15) is 0 Å². The van der Waals surface area contributed by atoms with E-state index in [1.165, 1.54) is 24.0 Å². The number of hydrogen-bond acceptors (Lipinski definition) is 8. The first kappa shape index (κ1) is 31.1. The SMILES string of the molecule is CC(C)C1CCN(CCNC(=O)c2nc(NCC(c3ccccc3)c3ccccc3)c3ncn(C4CCC(CO)O4)c3n2)CC1. The van der Waals surface area contributed by atoms with Crippen molar-refractivity contribution in [3.63, 3.8) is 0 Å². The summed E-state index contributed by atoms with van der Waals surface area (Å²) in [4.78, 5) is 30.0. The van der Waals surface area contributed by atoms with Gasteiger partial charge in [-0.15, -0.1) is 0 Å². The quantitative estimate of drug-likeness (QED) is 0.208. The zero-order chi connectivity index (χ0) is 31.2. The number of ether oxygens (including phenoxy) is 1. The smallest absolute Gasteiger partial charge is 0.289 e. The number of hydrogen-bond donors (Lipinski definition) is 3. The predicted molar refractivity (Wildman–Crippen MR) is 175 cm³/mol. The first-order chi connectivity index (χ1) is 22.0. The Hall–Kier alpha value is -3.86. The number of amides is 1. The van der Waals surface area contributed by atoms with Crippen LogP contribution in [0.5, 0.6) is 0 Å². The summed E-state index contributed by atoms with van der Waals surface area (Å²) in [5, 5.41) is 16.2. The summed E-state index contributed by atoms with van der Waals surface area (Å²) in [6, 6.07) is 20.7. The highest BCUT2D eigenvalue weighted by Gasteiger charge is 2.29. The fraction of sp³-hybridized carbons (Fsp3) is 0.486. The Kier molecular flexibility index (Phi) is 10.0. The number of piperidine rings is 1. The van der Waals surface area contributed by atoms with Crippen LogP contribution in [-0.4, -0.2) is 80.9 Å². The van der Waals surface area contributed by atoms with Crippen molar-refractivity contribution in [2.45, 2.75) is 57.8 Å². The number of aliphatic hydroxyl groups is 1. The molecule has 0 saturated carbocycles. The van der Waals surface area contributed by atoms with Gasteiger partial charge in [0.15, 0.2) is 17.0 Å².